The van der Waals surface area contributed by atoms with Gasteiger partial charge in [0.2, 0.25) is 21.8 Å². The van der Waals surface area contributed by atoms with Gasteiger partial charge in [-0.1, -0.05) is 41.4 Å². The first-order chi connectivity index (χ1) is 15.4. The van der Waals surface area contributed by atoms with Gasteiger partial charge in [0.15, 0.2) is 0 Å². The molecular weight excluding hydrogens is 485 g/mol. The number of likely N-dealkylation sites (N-methyl/N-ethyl adjacent to an activating group) is 1. The van der Waals surface area contributed by atoms with Crippen molar-refractivity contribution in [3.8, 4) is 0 Å². The molecule has 0 fully saturated rings. The lowest BCUT2D eigenvalue weighted by atomic mass is 10.1. The molecule has 10 heteroatoms. The SMILES string of the molecule is CNC(=O)[C@@H](C)N(Cc1ccc(Cl)cc1Cl)C(=O)CCCN(c1cccc(C)c1)S(C)(=O)=O. The summed E-state index contributed by atoms with van der Waals surface area (Å²) in [5, 5.41) is 3.42. The molecule has 0 spiro atoms. The molecule has 2 amide bonds. The molecule has 0 radical (unpaired) electrons. The Balaban J connectivity index is 2.18. The molecule has 0 aliphatic heterocycles. The molecule has 0 bridgehead atoms. The lowest BCUT2D eigenvalue weighted by Crippen LogP contribution is -2.46. The second-order valence-electron chi connectivity index (χ2n) is 7.83. The first-order valence-corrected chi connectivity index (χ1v) is 13.0. The predicted molar refractivity (Wildman–Crippen MR) is 133 cm³/mol. The number of nitrogens with zero attached hydrogens (tertiary/aromatic N) is 2. The summed E-state index contributed by atoms with van der Waals surface area (Å²) in [6, 6.07) is 11.4. The van der Waals surface area contributed by atoms with Gasteiger partial charge in [0.25, 0.3) is 0 Å². The molecule has 0 unspecified atom stereocenters. The topological polar surface area (TPSA) is 86.8 Å². The van der Waals surface area contributed by atoms with Gasteiger partial charge in [0, 0.05) is 36.6 Å². The maximum Gasteiger partial charge on any atom is 0.242 e. The first-order valence-electron chi connectivity index (χ1n) is 10.4. The monoisotopic (exact) mass is 513 g/mol. The second kappa shape index (κ2) is 11.7. The van der Waals surface area contributed by atoms with Crippen molar-refractivity contribution in [3.63, 3.8) is 0 Å². The minimum atomic E-state index is -3.53. The van der Waals surface area contributed by atoms with Gasteiger partial charge in [0.05, 0.1) is 11.9 Å². The lowest BCUT2D eigenvalue weighted by molar-refractivity contribution is -0.140. The fourth-order valence-corrected chi connectivity index (χ4v) is 4.84. The highest BCUT2D eigenvalue weighted by Gasteiger charge is 2.26. The van der Waals surface area contributed by atoms with E-state index in [1.165, 1.54) is 16.3 Å². The minimum absolute atomic E-state index is 0.0599. The quantitative estimate of drug-likeness (QED) is 0.519. The Morgan fingerprint density at radius 2 is 1.82 bits per heavy atom. The summed E-state index contributed by atoms with van der Waals surface area (Å²) in [7, 11) is -2.03. The molecule has 0 heterocycles. The van der Waals surface area contributed by atoms with E-state index in [1.54, 1.807) is 43.3 Å². The van der Waals surface area contributed by atoms with Crippen molar-refractivity contribution in [2.24, 2.45) is 0 Å². The van der Waals surface area contributed by atoms with Crippen LogP contribution in [-0.4, -0.2) is 51.0 Å². The smallest absolute Gasteiger partial charge is 0.242 e. The van der Waals surface area contributed by atoms with Crippen molar-refractivity contribution in [2.45, 2.75) is 39.3 Å². The Bertz CT molecular complexity index is 1110. The van der Waals surface area contributed by atoms with Gasteiger partial charge in [-0.2, -0.15) is 0 Å². The highest BCUT2D eigenvalue weighted by Crippen LogP contribution is 2.24. The molecule has 0 saturated heterocycles. The standard InChI is InChI=1S/C23H29Cl2N3O4S/c1-16-7-5-8-20(13-16)28(33(4,31)32)12-6-9-22(29)27(17(2)23(30)26-3)15-18-10-11-19(24)14-21(18)25/h5,7-8,10-11,13-14,17H,6,9,12,15H2,1-4H3,(H,26,30)/t17-/m1/s1. The van der Waals surface area contributed by atoms with E-state index in [0.29, 0.717) is 21.3 Å². The number of benzene rings is 2. The van der Waals surface area contributed by atoms with E-state index in [2.05, 4.69) is 5.32 Å². The van der Waals surface area contributed by atoms with Crippen LogP contribution in [0.5, 0.6) is 0 Å². The fraction of sp³-hybridized carbons (Fsp3) is 0.391. The summed E-state index contributed by atoms with van der Waals surface area (Å²) in [6.07, 6.45) is 1.48. The number of amides is 2. The Morgan fingerprint density at radius 3 is 2.39 bits per heavy atom. The first kappa shape index (κ1) is 27.0. The zero-order chi connectivity index (χ0) is 24.8. The van der Waals surface area contributed by atoms with Gasteiger partial charge in [0.1, 0.15) is 6.04 Å². The Labute approximate surface area is 205 Å². The minimum Gasteiger partial charge on any atom is -0.357 e. The van der Waals surface area contributed by atoms with Gasteiger partial charge in [-0.25, -0.2) is 8.42 Å². The van der Waals surface area contributed by atoms with Crippen LogP contribution in [0, 0.1) is 6.92 Å². The van der Waals surface area contributed by atoms with Crippen molar-refractivity contribution >= 4 is 50.7 Å². The number of hydrogen-bond donors (Lipinski definition) is 1. The van der Waals surface area contributed by atoms with Crippen molar-refractivity contribution < 1.29 is 18.0 Å². The maximum atomic E-state index is 13.1. The van der Waals surface area contributed by atoms with Crippen LogP contribution in [0.3, 0.4) is 0 Å². The number of halogens is 2. The van der Waals surface area contributed by atoms with E-state index in [-0.39, 0.29) is 37.7 Å². The number of rotatable bonds is 10. The van der Waals surface area contributed by atoms with Crippen molar-refractivity contribution in [2.75, 3.05) is 24.2 Å². The van der Waals surface area contributed by atoms with Crippen molar-refractivity contribution in [3.05, 3.63) is 63.6 Å². The molecule has 33 heavy (non-hydrogen) atoms. The molecule has 1 atom stereocenters. The number of nitrogens with one attached hydrogen (secondary N) is 1. The van der Waals surface area contributed by atoms with Gasteiger partial charge in [-0.3, -0.25) is 13.9 Å². The summed E-state index contributed by atoms with van der Waals surface area (Å²) in [5.41, 5.74) is 2.14. The number of anilines is 1. The van der Waals surface area contributed by atoms with Gasteiger partial charge >= 0.3 is 0 Å². The van der Waals surface area contributed by atoms with E-state index in [4.69, 9.17) is 23.2 Å². The fourth-order valence-electron chi connectivity index (χ4n) is 3.41. The highest BCUT2D eigenvalue weighted by molar-refractivity contribution is 7.92. The summed E-state index contributed by atoms with van der Waals surface area (Å²) in [4.78, 5) is 26.8. The average molecular weight is 514 g/mol. The molecule has 0 saturated carbocycles. The summed E-state index contributed by atoms with van der Waals surface area (Å²) < 4.78 is 26.0. The van der Waals surface area contributed by atoms with E-state index in [9.17, 15) is 18.0 Å². The molecule has 0 aromatic heterocycles. The molecule has 0 aliphatic carbocycles. The maximum absolute atomic E-state index is 13.1. The number of hydrogen-bond acceptors (Lipinski definition) is 4. The van der Waals surface area contributed by atoms with E-state index >= 15 is 0 Å². The average Bonchev–Trinajstić information content (AvgIpc) is 2.74. The Hall–Kier alpha value is -2.29. The lowest BCUT2D eigenvalue weighted by Gasteiger charge is -2.29. The Morgan fingerprint density at radius 1 is 1.12 bits per heavy atom. The molecule has 1 N–H and O–H groups in total. The van der Waals surface area contributed by atoms with Crippen LogP contribution in [-0.2, 0) is 26.2 Å². The third-order valence-electron chi connectivity index (χ3n) is 5.21. The predicted octanol–water partition coefficient (Wildman–Crippen LogP) is 4.01. The van der Waals surface area contributed by atoms with E-state index in [0.717, 1.165) is 11.8 Å². The molecule has 7 nitrogen and oxygen atoms in total. The van der Waals surface area contributed by atoms with E-state index < -0.39 is 16.1 Å². The van der Waals surface area contributed by atoms with Crippen LogP contribution < -0.4 is 9.62 Å². The molecule has 2 rings (SSSR count). The second-order valence-corrected chi connectivity index (χ2v) is 10.6. The molecule has 0 aliphatic rings. The third kappa shape index (κ3) is 7.62. The van der Waals surface area contributed by atoms with Crippen molar-refractivity contribution in [1.29, 1.82) is 0 Å². The summed E-state index contributed by atoms with van der Waals surface area (Å²) in [6.45, 7) is 3.78. The molecule has 2 aromatic carbocycles. The molecule has 2 aromatic rings. The van der Waals surface area contributed by atoms with Crippen LogP contribution >= 0.6 is 23.2 Å². The van der Waals surface area contributed by atoms with Crippen LogP contribution in [0.4, 0.5) is 5.69 Å². The van der Waals surface area contributed by atoms with Crippen LogP contribution in [0.2, 0.25) is 10.0 Å². The Kier molecular flexibility index (Phi) is 9.57. The zero-order valence-electron chi connectivity index (χ0n) is 19.1. The van der Waals surface area contributed by atoms with Gasteiger partial charge < -0.3 is 10.2 Å². The van der Waals surface area contributed by atoms with Gasteiger partial charge in [-0.05, 0) is 55.7 Å². The van der Waals surface area contributed by atoms with Crippen LogP contribution in [0.15, 0.2) is 42.5 Å². The van der Waals surface area contributed by atoms with E-state index in [1.807, 2.05) is 13.0 Å². The van der Waals surface area contributed by atoms with Crippen LogP contribution in [0.25, 0.3) is 0 Å². The largest absolute Gasteiger partial charge is 0.357 e. The number of carbonyl (C=O) groups excluding carboxylic acids is 2. The number of sulfonamides is 1. The number of carbonyl (C=O) groups is 2. The van der Waals surface area contributed by atoms with Gasteiger partial charge in [-0.15, -0.1) is 0 Å². The highest BCUT2D eigenvalue weighted by atomic mass is 35.5. The zero-order valence-corrected chi connectivity index (χ0v) is 21.5. The third-order valence-corrected chi connectivity index (χ3v) is 6.99. The normalized spacial score (nSPS) is 12.2. The van der Waals surface area contributed by atoms with Crippen LogP contribution in [0.1, 0.15) is 30.9 Å². The summed E-state index contributed by atoms with van der Waals surface area (Å²) in [5.74, 6) is -0.597. The summed E-state index contributed by atoms with van der Waals surface area (Å²) >= 11 is 12.2. The number of aryl methyl sites for hydroxylation is 1. The molecule has 180 valence electrons. The molecular formula is C23H29Cl2N3O4S. The van der Waals surface area contributed by atoms with Crippen molar-refractivity contribution in [1.82, 2.24) is 10.2 Å².